The van der Waals surface area contributed by atoms with Crippen molar-refractivity contribution in [2.75, 3.05) is 13.2 Å². The molecule has 0 aromatic heterocycles. The minimum absolute atomic E-state index is 0.274. The molecule has 2 aliphatic rings. The maximum Gasteiger partial charge on any atom is 0.122 e. The van der Waals surface area contributed by atoms with Gasteiger partial charge in [0.05, 0.1) is 12.2 Å². The highest BCUT2D eigenvalue weighted by Gasteiger charge is 2.31. The quantitative estimate of drug-likeness (QED) is 0.875. The highest BCUT2D eigenvalue weighted by atomic mass is 16.5. The van der Waals surface area contributed by atoms with E-state index in [-0.39, 0.29) is 6.04 Å². The minimum atomic E-state index is -0.478. The lowest BCUT2D eigenvalue weighted by Gasteiger charge is -2.25. The molecule has 1 aromatic carbocycles. The Morgan fingerprint density at radius 1 is 1.37 bits per heavy atom. The zero-order chi connectivity index (χ0) is 13.3. The molecule has 1 aliphatic carbocycles. The second kappa shape index (κ2) is 5.14. The Morgan fingerprint density at radius 3 is 2.95 bits per heavy atom. The van der Waals surface area contributed by atoms with Crippen molar-refractivity contribution in [1.29, 1.82) is 0 Å². The van der Waals surface area contributed by atoms with Crippen LogP contribution in [-0.4, -0.2) is 23.9 Å². The van der Waals surface area contributed by atoms with Crippen LogP contribution < -0.4 is 10.1 Å². The summed E-state index contributed by atoms with van der Waals surface area (Å²) in [6, 6.07) is 6.70. The molecule has 1 unspecified atom stereocenters. The molecule has 2 N–H and O–H groups in total. The summed E-state index contributed by atoms with van der Waals surface area (Å²) in [6.07, 6.45) is 5.20. The van der Waals surface area contributed by atoms with Gasteiger partial charge in [-0.3, -0.25) is 0 Å². The van der Waals surface area contributed by atoms with Crippen molar-refractivity contribution in [2.24, 2.45) is 0 Å². The summed E-state index contributed by atoms with van der Waals surface area (Å²) in [5, 5.41) is 13.8. The monoisotopic (exact) mass is 261 g/mol. The van der Waals surface area contributed by atoms with Gasteiger partial charge in [0.1, 0.15) is 5.75 Å². The molecule has 0 bridgehead atoms. The van der Waals surface area contributed by atoms with Crippen molar-refractivity contribution >= 4 is 0 Å². The van der Waals surface area contributed by atoms with Crippen molar-refractivity contribution in [3.8, 4) is 5.75 Å². The molecule has 104 valence electrons. The second-order valence-corrected chi connectivity index (χ2v) is 6.00. The van der Waals surface area contributed by atoms with E-state index in [0.29, 0.717) is 6.54 Å². The number of ether oxygens (including phenoxy) is 1. The van der Waals surface area contributed by atoms with Gasteiger partial charge in [-0.2, -0.15) is 0 Å². The van der Waals surface area contributed by atoms with Gasteiger partial charge in [0.15, 0.2) is 0 Å². The third-order valence-electron chi connectivity index (χ3n) is 4.49. The number of hydrogen-bond acceptors (Lipinski definition) is 3. The first-order valence-corrected chi connectivity index (χ1v) is 7.38. The maximum absolute atomic E-state index is 10.4. The van der Waals surface area contributed by atoms with Crippen molar-refractivity contribution in [1.82, 2.24) is 5.32 Å². The second-order valence-electron chi connectivity index (χ2n) is 6.00. The lowest BCUT2D eigenvalue weighted by atomic mass is 10.00. The highest BCUT2D eigenvalue weighted by Crippen LogP contribution is 2.31. The van der Waals surface area contributed by atoms with E-state index in [0.717, 1.165) is 44.5 Å². The van der Waals surface area contributed by atoms with Gasteiger partial charge in [-0.05, 0) is 37.0 Å². The molecule has 0 spiro atoms. The van der Waals surface area contributed by atoms with Gasteiger partial charge in [0, 0.05) is 19.0 Å². The van der Waals surface area contributed by atoms with Gasteiger partial charge in [-0.1, -0.05) is 25.0 Å². The number of rotatable bonds is 4. The molecule has 1 fully saturated rings. The third-order valence-corrected chi connectivity index (χ3v) is 4.49. The smallest absolute Gasteiger partial charge is 0.122 e. The van der Waals surface area contributed by atoms with Crippen molar-refractivity contribution in [3.63, 3.8) is 0 Å². The normalized spacial score (nSPS) is 22.0. The van der Waals surface area contributed by atoms with Crippen LogP contribution in [-0.2, 0) is 6.42 Å². The molecule has 3 nitrogen and oxygen atoms in total. The first kappa shape index (κ1) is 12.9. The maximum atomic E-state index is 10.4. The standard InChI is InChI=1S/C16H23NO2/c1-12(17-11-16(18)7-2-3-8-16)13-4-5-15-14(10-13)6-9-19-15/h4-5,10,12,17-18H,2-3,6-9,11H2,1H3. The first-order valence-electron chi connectivity index (χ1n) is 7.38. The fraction of sp³-hybridized carbons (Fsp3) is 0.625. The Hall–Kier alpha value is -1.06. The molecule has 0 saturated heterocycles. The summed E-state index contributed by atoms with van der Waals surface area (Å²) in [5.41, 5.74) is 2.12. The molecule has 1 atom stereocenters. The van der Waals surface area contributed by atoms with Crippen molar-refractivity contribution in [2.45, 2.75) is 50.7 Å². The SMILES string of the molecule is CC(NCC1(O)CCCC1)c1ccc2c(c1)CCO2. The zero-order valence-electron chi connectivity index (χ0n) is 11.6. The lowest BCUT2D eigenvalue weighted by molar-refractivity contribution is 0.0453. The van der Waals surface area contributed by atoms with Crippen LogP contribution in [0.3, 0.4) is 0 Å². The van der Waals surface area contributed by atoms with E-state index in [1.807, 2.05) is 0 Å². The third kappa shape index (κ3) is 2.77. The number of fused-ring (bicyclic) bond motifs is 1. The topological polar surface area (TPSA) is 41.5 Å². The van der Waals surface area contributed by atoms with Crippen LogP contribution in [0.1, 0.15) is 49.8 Å². The van der Waals surface area contributed by atoms with E-state index in [1.54, 1.807) is 0 Å². The summed E-state index contributed by atoms with van der Waals surface area (Å²) >= 11 is 0. The van der Waals surface area contributed by atoms with Gasteiger partial charge in [-0.15, -0.1) is 0 Å². The number of hydrogen-bond donors (Lipinski definition) is 2. The van der Waals surface area contributed by atoms with Gasteiger partial charge in [-0.25, -0.2) is 0 Å². The van der Waals surface area contributed by atoms with Gasteiger partial charge in [0.25, 0.3) is 0 Å². The van der Waals surface area contributed by atoms with Gasteiger partial charge < -0.3 is 15.2 Å². The Morgan fingerprint density at radius 2 is 2.16 bits per heavy atom. The van der Waals surface area contributed by atoms with Crippen LogP contribution in [0.4, 0.5) is 0 Å². The number of benzene rings is 1. The van der Waals surface area contributed by atoms with Crippen LogP contribution in [0.15, 0.2) is 18.2 Å². The molecule has 0 amide bonds. The van der Waals surface area contributed by atoms with Crippen LogP contribution in [0, 0.1) is 0 Å². The zero-order valence-corrected chi connectivity index (χ0v) is 11.6. The van der Waals surface area contributed by atoms with Crippen LogP contribution in [0.25, 0.3) is 0 Å². The molecular weight excluding hydrogens is 238 g/mol. The number of aliphatic hydroxyl groups is 1. The van der Waals surface area contributed by atoms with Gasteiger partial charge >= 0.3 is 0 Å². The fourth-order valence-corrected chi connectivity index (χ4v) is 3.15. The molecule has 1 aromatic rings. The minimum Gasteiger partial charge on any atom is -0.493 e. The van der Waals surface area contributed by atoms with E-state index < -0.39 is 5.60 Å². The average Bonchev–Trinajstić information content (AvgIpc) is 3.04. The predicted octanol–water partition coefficient (Wildman–Crippen LogP) is 2.58. The van der Waals surface area contributed by atoms with Crippen molar-refractivity contribution in [3.05, 3.63) is 29.3 Å². The summed E-state index contributed by atoms with van der Waals surface area (Å²) in [6.45, 7) is 3.66. The van der Waals surface area contributed by atoms with E-state index in [9.17, 15) is 5.11 Å². The molecule has 3 rings (SSSR count). The molecule has 0 radical (unpaired) electrons. The Balaban J connectivity index is 1.62. The van der Waals surface area contributed by atoms with Crippen molar-refractivity contribution < 1.29 is 9.84 Å². The molecule has 19 heavy (non-hydrogen) atoms. The van der Waals surface area contributed by atoms with E-state index in [1.165, 1.54) is 11.1 Å². The molecule has 1 saturated carbocycles. The summed E-state index contributed by atoms with van der Waals surface area (Å²) in [4.78, 5) is 0. The summed E-state index contributed by atoms with van der Waals surface area (Å²) in [7, 11) is 0. The Bertz CT molecular complexity index is 452. The molecular formula is C16H23NO2. The summed E-state index contributed by atoms with van der Waals surface area (Å²) in [5.74, 6) is 1.03. The van der Waals surface area contributed by atoms with Crippen LogP contribution >= 0.6 is 0 Å². The van der Waals surface area contributed by atoms with E-state index in [4.69, 9.17) is 4.74 Å². The highest BCUT2D eigenvalue weighted by molar-refractivity contribution is 5.40. The van der Waals surface area contributed by atoms with Crippen LogP contribution in [0.2, 0.25) is 0 Å². The largest absolute Gasteiger partial charge is 0.493 e. The molecule has 3 heteroatoms. The first-order chi connectivity index (χ1) is 9.16. The number of nitrogens with one attached hydrogen (secondary N) is 1. The molecule has 1 heterocycles. The summed E-state index contributed by atoms with van der Waals surface area (Å²) < 4.78 is 5.53. The average molecular weight is 261 g/mol. The fourth-order valence-electron chi connectivity index (χ4n) is 3.15. The Labute approximate surface area is 115 Å². The van der Waals surface area contributed by atoms with E-state index >= 15 is 0 Å². The van der Waals surface area contributed by atoms with E-state index in [2.05, 4.69) is 30.4 Å². The molecule has 1 aliphatic heterocycles. The lowest BCUT2D eigenvalue weighted by Crippen LogP contribution is -2.39. The van der Waals surface area contributed by atoms with Crippen LogP contribution in [0.5, 0.6) is 5.75 Å². The van der Waals surface area contributed by atoms with Gasteiger partial charge in [0.2, 0.25) is 0 Å². The predicted molar refractivity (Wildman–Crippen MR) is 75.5 cm³/mol. The Kier molecular flexibility index (Phi) is 3.50.